The Hall–Kier alpha value is -3.15. The molecule has 0 spiro atoms. The predicted molar refractivity (Wildman–Crippen MR) is 87.6 cm³/mol. The molecule has 2 N–H and O–H groups in total. The average Bonchev–Trinajstić information content (AvgIpc) is 3.03. The van der Waals surface area contributed by atoms with Crippen LogP contribution in [0.4, 0.5) is 0 Å². The summed E-state index contributed by atoms with van der Waals surface area (Å²) in [6.45, 7) is 2.17. The van der Waals surface area contributed by atoms with Crippen LogP contribution in [0.2, 0.25) is 0 Å². The lowest BCUT2D eigenvalue weighted by atomic mass is 10.1. The zero-order valence-corrected chi connectivity index (χ0v) is 13.2. The molecular formula is C18H17N3O3. The topological polar surface area (TPSA) is 91.2 Å². The summed E-state index contributed by atoms with van der Waals surface area (Å²) < 4.78 is 10.8. The Labute approximate surface area is 139 Å². The normalized spacial score (nSPS) is 10.5. The van der Waals surface area contributed by atoms with E-state index in [1.807, 2.05) is 31.2 Å². The van der Waals surface area contributed by atoms with Gasteiger partial charge in [-0.3, -0.25) is 4.79 Å². The van der Waals surface area contributed by atoms with Crippen LogP contribution in [-0.2, 0) is 13.0 Å². The Morgan fingerprint density at radius 1 is 1.21 bits per heavy atom. The first kappa shape index (κ1) is 15.7. The maximum Gasteiger partial charge on any atom is 0.264 e. The van der Waals surface area contributed by atoms with Crippen molar-refractivity contribution in [2.24, 2.45) is 5.73 Å². The molecule has 24 heavy (non-hydrogen) atoms. The minimum Gasteiger partial charge on any atom is -0.484 e. The molecule has 1 heterocycles. The van der Waals surface area contributed by atoms with Gasteiger partial charge in [0, 0.05) is 12.0 Å². The molecular weight excluding hydrogens is 306 g/mol. The van der Waals surface area contributed by atoms with E-state index in [0.717, 1.165) is 5.56 Å². The number of carbonyl (C=O) groups excluding carboxylic acids is 1. The molecule has 0 unspecified atom stereocenters. The van der Waals surface area contributed by atoms with Gasteiger partial charge in [-0.2, -0.15) is 4.98 Å². The van der Waals surface area contributed by atoms with E-state index in [9.17, 15) is 4.79 Å². The van der Waals surface area contributed by atoms with Crippen LogP contribution in [0.25, 0.3) is 0 Å². The van der Waals surface area contributed by atoms with Crippen LogP contribution in [0, 0.1) is 6.92 Å². The van der Waals surface area contributed by atoms with Crippen LogP contribution >= 0.6 is 0 Å². The number of aromatic nitrogens is 2. The number of rotatable bonds is 6. The van der Waals surface area contributed by atoms with E-state index in [1.165, 1.54) is 5.56 Å². The first-order chi connectivity index (χ1) is 11.6. The largest absolute Gasteiger partial charge is 0.484 e. The fourth-order valence-corrected chi connectivity index (χ4v) is 2.28. The Morgan fingerprint density at radius 2 is 2.04 bits per heavy atom. The number of primary amides is 1. The van der Waals surface area contributed by atoms with Gasteiger partial charge in [0.15, 0.2) is 12.4 Å². The predicted octanol–water partition coefficient (Wildman–Crippen LogP) is 2.65. The van der Waals surface area contributed by atoms with Gasteiger partial charge in [-0.1, -0.05) is 35.5 Å². The monoisotopic (exact) mass is 323 g/mol. The molecule has 6 nitrogen and oxygen atoms in total. The van der Waals surface area contributed by atoms with Gasteiger partial charge in [-0.05, 0) is 36.2 Å². The lowest BCUT2D eigenvalue weighted by Gasteiger charge is -2.04. The smallest absolute Gasteiger partial charge is 0.264 e. The number of benzene rings is 2. The second-order valence-corrected chi connectivity index (χ2v) is 5.39. The summed E-state index contributed by atoms with van der Waals surface area (Å²) in [6, 6.07) is 14.7. The van der Waals surface area contributed by atoms with Crippen molar-refractivity contribution in [1.82, 2.24) is 10.1 Å². The second-order valence-electron chi connectivity index (χ2n) is 5.39. The van der Waals surface area contributed by atoms with Gasteiger partial charge < -0.3 is 15.0 Å². The number of aryl methyl sites for hydroxylation is 1. The Kier molecular flexibility index (Phi) is 4.56. The molecule has 0 atom stereocenters. The molecule has 122 valence electrons. The van der Waals surface area contributed by atoms with Crippen molar-refractivity contribution in [3.05, 3.63) is 76.9 Å². The van der Waals surface area contributed by atoms with E-state index >= 15 is 0 Å². The molecule has 3 aromatic rings. The highest BCUT2D eigenvalue weighted by Crippen LogP contribution is 2.15. The highest BCUT2D eigenvalue weighted by molar-refractivity contribution is 5.93. The maximum atomic E-state index is 11.2. The van der Waals surface area contributed by atoms with Crippen LogP contribution < -0.4 is 10.5 Å². The van der Waals surface area contributed by atoms with Gasteiger partial charge in [0.1, 0.15) is 5.75 Å². The van der Waals surface area contributed by atoms with E-state index in [-0.39, 0.29) is 6.61 Å². The fourth-order valence-electron chi connectivity index (χ4n) is 2.28. The first-order valence-corrected chi connectivity index (χ1v) is 7.50. The molecule has 0 radical (unpaired) electrons. The molecule has 6 heteroatoms. The fraction of sp³-hybridized carbons (Fsp3) is 0.167. The third-order valence-electron chi connectivity index (χ3n) is 3.60. The Balaban J connectivity index is 1.63. The third-order valence-corrected chi connectivity index (χ3v) is 3.60. The van der Waals surface area contributed by atoms with Crippen molar-refractivity contribution in [1.29, 1.82) is 0 Å². The summed E-state index contributed by atoms with van der Waals surface area (Å²) >= 11 is 0. The van der Waals surface area contributed by atoms with Crippen LogP contribution in [0.15, 0.2) is 53.1 Å². The van der Waals surface area contributed by atoms with Crippen molar-refractivity contribution >= 4 is 5.91 Å². The van der Waals surface area contributed by atoms with E-state index in [4.69, 9.17) is 15.0 Å². The highest BCUT2D eigenvalue weighted by atomic mass is 16.5. The Bertz CT molecular complexity index is 858. The molecule has 0 aliphatic heterocycles. The summed E-state index contributed by atoms with van der Waals surface area (Å²) in [6.07, 6.45) is 0.604. The molecule has 3 rings (SSSR count). The van der Waals surface area contributed by atoms with Crippen molar-refractivity contribution in [2.45, 2.75) is 20.0 Å². The van der Waals surface area contributed by atoms with Crippen LogP contribution in [0.3, 0.4) is 0 Å². The summed E-state index contributed by atoms with van der Waals surface area (Å²) in [7, 11) is 0. The van der Waals surface area contributed by atoms with Gasteiger partial charge in [-0.25, -0.2) is 0 Å². The summed E-state index contributed by atoms with van der Waals surface area (Å²) in [5.74, 6) is 1.00. The van der Waals surface area contributed by atoms with E-state index in [1.54, 1.807) is 24.3 Å². The minimum atomic E-state index is -0.501. The van der Waals surface area contributed by atoms with Gasteiger partial charge in [0.2, 0.25) is 5.91 Å². The zero-order valence-electron chi connectivity index (χ0n) is 13.2. The molecule has 0 aliphatic rings. The van der Waals surface area contributed by atoms with Crippen molar-refractivity contribution in [3.63, 3.8) is 0 Å². The average molecular weight is 323 g/mol. The SMILES string of the molecule is Cc1ccccc1Cc1noc(COc2cccc(C(N)=O)c2)n1. The number of hydrogen-bond donors (Lipinski definition) is 1. The lowest BCUT2D eigenvalue weighted by Crippen LogP contribution is -2.10. The van der Waals surface area contributed by atoms with Gasteiger partial charge >= 0.3 is 0 Å². The number of nitrogens with zero attached hydrogens (tertiary/aromatic N) is 2. The molecule has 0 fully saturated rings. The molecule has 0 saturated heterocycles. The number of carbonyl (C=O) groups is 1. The maximum absolute atomic E-state index is 11.2. The molecule has 1 amide bonds. The standard InChI is InChI=1S/C18H17N3O3/c1-12-5-2-3-6-13(12)10-16-20-17(24-21-16)11-23-15-8-4-7-14(9-15)18(19)22/h2-9H,10-11H2,1H3,(H2,19,22). The van der Waals surface area contributed by atoms with Crippen molar-refractivity contribution in [2.75, 3.05) is 0 Å². The summed E-state index contributed by atoms with van der Waals surface area (Å²) in [5, 5.41) is 3.97. The van der Waals surface area contributed by atoms with Crippen LogP contribution in [0.5, 0.6) is 5.75 Å². The van der Waals surface area contributed by atoms with Crippen LogP contribution in [0.1, 0.15) is 33.2 Å². The molecule has 0 saturated carbocycles. The first-order valence-electron chi connectivity index (χ1n) is 7.50. The van der Waals surface area contributed by atoms with Gasteiger partial charge in [0.25, 0.3) is 5.89 Å². The second kappa shape index (κ2) is 6.95. The minimum absolute atomic E-state index is 0.128. The lowest BCUT2D eigenvalue weighted by molar-refractivity contribution is 0.0999. The quantitative estimate of drug-likeness (QED) is 0.753. The molecule has 0 aliphatic carbocycles. The number of nitrogens with two attached hydrogens (primary N) is 1. The molecule has 1 aromatic heterocycles. The number of amides is 1. The zero-order chi connectivity index (χ0) is 16.9. The van der Waals surface area contributed by atoms with Gasteiger partial charge in [-0.15, -0.1) is 0 Å². The number of hydrogen-bond acceptors (Lipinski definition) is 5. The van der Waals surface area contributed by atoms with Gasteiger partial charge in [0.05, 0.1) is 0 Å². The van der Waals surface area contributed by atoms with E-state index in [0.29, 0.717) is 29.4 Å². The van der Waals surface area contributed by atoms with Crippen molar-refractivity contribution < 1.29 is 14.1 Å². The van der Waals surface area contributed by atoms with E-state index < -0.39 is 5.91 Å². The van der Waals surface area contributed by atoms with Crippen LogP contribution in [-0.4, -0.2) is 16.0 Å². The third kappa shape index (κ3) is 3.78. The van der Waals surface area contributed by atoms with Crippen molar-refractivity contribution in [3.8, 4) is 5.75 Å². The summed E-state index contributed by atoms with van der Waals surface area (Å²) in [4.78, 5) is 15.5. The summed E-state index contributed by atoms with van der Waals surface area (Å²) in [5.41, 5.74) is 7.97. The number of ether oxygens (including phenoxy) is 1. The van der Waals surface area contributed by atoms with E-state index in [2.05, 4.69) is 10.1 Å². The Morgan fingerprint density at radius 3 is 2.83 bits per heavy atom. The molecule has 2 aromatic carbocycles. The highest BCUT2D eigenvalue weighted by Gasteiger charge is 2.09. The molecule has 0 bridgehead atoms.